The maximum absolute atomic E-state index is 15.1. The van der Waals surface area contributed by atoms with Crippen LogP contribution in [0.1, 0.15) is 55.2 Å². The van der Waals surface area contributed by atoms with E-state index in [-0.39, 0.29) is 24.7 Å². The Labute approximate surface area is 206 Å². The molecule has 11 heteroatoms. The molecule has 5 N–H and O–H groups in total. The van der Waals surface area contributed by atoms with E-state index in [1.54, 1.807) is 36.9 Å². The van der Waals surface area contributed by atoms with E-state index in [4.69, 9.17) is 4.74 Å². The van der Waals surface area contributed by atoms with Gasteiger partial charge in [-0.1, -0.05) is 18.2 Å². The van der Waals surface area contributed by atoms with Crippen molar-refractivity contribution in [2.45, 2.75) is 76.5 Å². The largest absolute Gasteiger partial charge is 0.490 e. The van der Waals surface area contributed by atoms with Crippen LogP contribution in [0.5, 0.6) is 5.75 Å². The molecule has 4 rings (SSSR count). The van der Waals surface area contributed by atoms with Crippen molar-refractivity contribution < 1.29 is 38.0 Å². The fourth-order valence-electron chi connectivity index (χ4n) is 4.61. The van der Waals surface area contributed by atoms with Gasteiger partial charge in [0.15, 0.2) is 6.23 Å². The van der Waals surface area contributed by atoms with Crippen LogP contribution in [0.4, 0.5) is 13.2 Å². The summed E-state index contributed by atoms with van der Waals surface area (Å²) < 4.78 is 49.1. The maximum Gasteiger partial charge on any atom is 0.315 e. The molecule has 0 radical (unpaired) electrons. The van der Waals surface area contributed by atoms with Gasteiger partial charge in [0, 0.05) is 19.2 Å². The number of rotatable bonds is 8. The van der Waals surface area contributed by atoms with Gasteiger partial charge in [0.25, 0.3) is 0 Å². The van der Waals surface area contributed by atoms with Crippen LogP contribution in [0.15, 0.2) is 36.4 Å². The third kappa shape index (κ3) is 5.35. The molecule has 36 heavy (non-hydrogen) atoms. The second-order valence-corrected chi connectivity index (χ2v) is 9.41. The Bertz CT molecular complexity index is 1120. The highest BCUT2D eigenvalue weighted by Crippen LogP contribution is 2.39. The first-order chi connectivity index (χ1) is 17.0. The highest BCUT2D eigenvalue weighted by molar-refractivity contribution is 5.82. The van der Waals surface area contributed by atoms with E-state index >= 15 is 8.78 Å². The van der Waals surface area contributed by atoms with Crippen molar-refractivity contribution in [3.8, 4) is 5.75 Å². The van der Waals surface area contributed by atoms with E-state index in [0.717, 1.165) is 23.8 Å². The normalized spacial score (nSPS) is 23.5. The fourth-order valence-corrected chi connectivity index (χ4v) is 4.61. The van der Waals surface area contributed by atoms with E-state index < -0.39 is 48.1 Å². The smallest absolute Gasteiger partial charge is 0.315 e. The van der Waals surface area contributed by atoms with Gasteiger partial charge in [-0.3, -0.25) is 15.0 Å². The second-order valence-electron chi connectivity index (χ2n) is 9.41. The Kier molecular flexibility index (Phi) is 7.58. The van der Waals surface area contributed by atoms with Crippen molar-refractivity contribution in [1.82, 2.24) is 15.5 Å². The molecule has 196 valence electrons. The molecular formula is C25H30F3N3O5. The molecule has 4 atom stereocenters. The molecule has 1 saturated heterocycles. The number of nitrogens with one attached hydrogen (secondary N) is 2. The second kappa shape index (κ2) is 10.3. The predicted molar refractivity (Wildman–Crippen MR) is 123 cm³/mol. The number of halogens is 3. The Hall–Kier alpha value is -2.70. The minimum Gasteiger partial charge on any atom is -0.490 e. The molecule has 0 aromatic heterocycles. The number of nitrogens with zero attached hydrogens (tertiary/aromatic N) is 1. The monoisotopic (exact) mass is 509 g/mol. The fraction of sp³-hybridized carbons (Fsp3) is 0.480. The summed E-state index contributed by atoms with van der Waals surface area (Å²) in [7, 11) is 0. The van der Waals surface area contributed by atoms with Crippen molar-refractivity contribution in [3.05, 3.63) is 64.5 Å². The molecule has 2 heterocycles. The molecule has 2 aromatic rings. The van der Waals surface area contributed by atoms with Crippen molar-refractivity contribution >= 4 is 5.91 Å². The van der Waals surface area contributed by atoms with Crippen molar-refractivity contribution in [1.29, 1.82) is 0 Å². The quantitative estimate of drug-likeness (QED) is 0.347. The lowest BCUT2D eigenvalue weighted by molar-refractivity contribution is -0.139. The molecular weight excluding hydrogens is 479 g/mol. The van der Waals surface area contributed by atoms with Crippen LogP contribution < -0.4 is 15.4 Å². The number of amides is 1. The first kappa shape index (κ1) is 26.4. The number of piperidine rings is 1. The first-order valence-electron chi connectivity index (χ1n) is 11.8. The van der Waals surface area contributed by atoms with E-state index in [2.05, 4.69) is 10.6 Å². The molecule has 0 bridgehead atoms. The zero-order valence-corrected chi connectivity index (χ0v) is 19.9. The van der Waals surface area contributed by atoms with E-state index in [9.17, 15) is 24.5 Å². The molecule has 2 aliphatic rings. The van der Waals surface area contributed by atoms with Gasteiger partial charge < -0.3 is 25.4 Å². The number of carbonyl (C=O) groups is 1. The van der Waals surface area contributed by atoms with E-state index in [1.807, 2.05) is 0 Å². The number of ether oxygens (including phenoxy) is 1. The Morgan fingerprint density at radius 3 is 2.64 bits per heavy atom. The van der Waals surface area contributed by atoms with E-state index in [0.29, 0.717) is 24.0 Å². The summed E-state index contributed by atoms with van der Waals surface area (Å²) in [6.07, 6.45) is -3.92. The van der Waals surface area contributed by atoms with Gasteiger partial charge in [-0.15, -0.1) is 0 Å². The number of hydrogen-bond acceptors (Lipinski definition) is 7. The maximum atomic E-state index is 15.1. The topological polar surface area (TPSA) is 114 Å². The Morgan fingerprint density at radius 1 is 1.19 bits per heavy atom. The molecule has 0 aliphatic carbocycles. The lowest BCUT2D eigenvalue weighted by Gasteiger charge is -2.34. The highest BCUT2D eigenvalue weighted by atomic mass is 19.3. The third-order valence-corrected chi connectivity index (χ3v) is 6.39. The zero-order valence-electron chi connectivity index (χ0n) is 19.9. The van der Waals surface area contributed by atoms with Gasteiger partial charge in [0.05, 0.1) is 17.7 Å². The van der Waals surface area contributed by atoms with E-state index in [1.165, 1.54) is 0 Å². The molecule has 1 unspecified atom stereocenters. The summed E-state index contributed by atoms with van der Waals surface area (Å²) in [5, 5.41) is 35.5. The van der Waals surface area contributed by atoms with Crippen LogP contribution >= 0.6 is 0 Å². The summed E-state index contributed by atoms with van der Waals surface area (Å²) in [5.74, 6) is -5.22. The average Bonchev–Trinajstić information content (AvgIpc) is 3.12. The summed E-state index contributed by atoms with van der Waals surface area (Å²) in [5.41, 5.74) is 1.28. The minimum atomic E-state index is -3.78. The van der Waals surface area contributed by atoms with Crippen LogP contribution in [0.25, 0.3) is 0 Å². The number of benzene rings is 2. The summed E-state index contributed by atoms with van der Waals surface area (Å²) >= 11 is 0. The summed E-state index contributed by atoms with van der Waals surface area (Å²) in [4.78, 5) is 13.9. The number of aliphatic hydroxyl groups is 3. The van der Waals surface area contributed by atoms with Crippen molar-refractivity contribution in [3.63, 3.8) is 0 Å². The van der Waals surface area contributed by atoms with Gasteiger partial charge in [0.1, 0.15) is 24.0 Å². The highest BCUT2D eigenvalue weighted by Gasteiger charge is 2.43. The zero-order chi connectivity index (χ0) is 26.2. The molecule has 8 nitrogen and oxygen atoms in total. The minimum absolute atomic E-state index is 0.113. The lowest BCUT2D eigenvalue weighted by Crippen LogP contribution is -2.53. The number of hydrogen-bond donors (Lipinski definition) is 5. The van der Waals surface area contributed by atoms with Crippen LogP contribution in [0, 0.1) is 5.82 Å². The van der Waals surface area contributed by atoms with Gasteiger partial charge in [0.2, 0.25) is 5.91 Å². The van der Waals surface area contributed by atoms with Crippen LogP contribution in [0.2, 0.25) is 0 Å². The van der Waals surface area contributed by atoms with Gasteiger partial charge in [-0.05, 0) is 55.5 Å². The number of fused-ring (bicyclic) bond motifs is 1. The van der Waals surface area contributed by atoms with Crippen molar-refractivity contribution in [2.75, 3.05) is 0 Å². The SMILES string of the molecule is CC(C)Oc1cc(F)ccc1C(F)(F)[C@@H](O)NCc1ccc2c(c1)CN(C1CC[C@@H](O)NC1=O)[C@H]2O. The molecule has 0 saturated carbocycles. The van der Waals surface area contributed by atoms with Crippen LogP contribution in [-0.4, -0.2) is 50.7 Å². The third-order valence-electron chi connectivity index (χ3n) is 6.39. The van der Waals surface area contributed by atoms with Gasteiger partial charge >= 0.3 is 5.92 Å². The molecule has 1 fully saturated rings. The van der Waals surface area contributed by atoms with Crippen molar-refractivity contribution in [2.24, 2.45) is 0 Å². The number of aliphatic hydroxyl groups excluding tert-OH is 3. The lowest BCUT2D eigenvalue weighted by atomic mass is 10.0. The number of alkyl halides is 2. The van der Waals surface area contributed by atoms with Crippen LogP contribution in [-0.2, 0) is 23.8 Å². The predicted octanol–water partition coefficient (Wildman–Crippen LogP) is 2.22. The molecule has 2 aliphatic heterocycles. The van der Waals surface area contributed by atoms with Crippen LogP contribution in [0.3, 0.4) is 0 Å². The number of carbonyl (C=O) groups excluding carboxylic acids is 1. The molecule has 1 amide bonds. The molecule has 2 aromatic carbocycles. The Balaban J connectivity index is 1.44. The van der Waals surface area contributed by atoms with Gasteiger partial charge in [-0.2, -0.15) is 8.78 Å². The first-order valence-corrected chi connectivity index (χ1v) is 11.8. The Morgan fingerprint density at radius 2 is 1.94 bits per heavy atom. The van der Waals surface area contributed by atoms with Gasteiger partial charge in [-0.25, -0.2) is 4.39 Å². The summed E-state index contributed by atoms with van der Waals surface area (Å²) in [6.45, 7) is 3.40. The molecule has 0 spiro atoms. The summed E-state index contributed by atoms with van der Waals surface area (Å²) in [6, 6.07) is 7.05. The standard InChI is InChI=1S/C25H30F3N3O5/c1-13(2)36-20-10-16(26)4-6-18(20)25(27,28)24(35)29-11-14-3-5-17-15(9-14)12-31(23(17)34)19-7-8-21(32)30-22(19)33/h3-6,9-10,13,19,21,23-24,29,32,34-35H,7-8,11-12H2,1-2H3,(H,30,33)/t19?,21-,23+,24-/m1/s1. The average molecular weight is 510 g/mol.